The van der Waals surface area contributed by atoms with E-state index >= 15 is 0 Å². The highest BCUT2D eigenvalue weighted by Crippen LogP contribution is 2.49. The summed E-state index contributed by atoms with van der Waals surface area (Å²) < 4.78 is 7.01. The van der Waals surface area contributed by atoms with Crippen LogP contribution in [0.5, 0.6) is 0 Å². The van der Waals surface area contributed by atoms with E-state index in [1.165, 1.54) is 12.8 Å². The summed E-state index contributed by atoms with van der Waals surface area (Å²) in [5.74, 6) is -0.788. The third kappa shape index (κ3) is 3.42. The van der Waals surface area contributed by atoms with Gasteiger partial charge in [0, 0.05) is 49.5 Å². The Morgan fingerprint density at radius 3 is 2.91 bits per heavy atom. The molecule has 2 N–H and O–H groups in total. The maximum atomic E-state index is 13.6. The number of nitrogens with zero attached hydrogens (tertiary/aromatic N) is 3. The lowest BCUT2D eigenvalue weighted by Gasteiger charge is -2.38. The number of nitrogens with one attached hydrogen (secondary N) is 1. The van der Waals surface area contributed by atoms with Gasteiger partial charge < -0.3 is 19.4 Å². The van der Waals surface area contributed by atoms with Gasteiger partial charge in [-0.2, -0.15) is 0 Å². The fraction of sp³-hybridized carbons (Fsp3) is 0.542. The van der Waals surface area contributed by atoms with E-state index in [0.29, 0.717) is 19.6 Å². The molecular formula is C24H30N4O4. The molecule has 1 fully saturated rings. The van der Waals surface area contributed by atoms with Crippen LogP contribution in [0.1, 0.15) is 55.6 Å². The summed E-state index contributed by atoms with van der Waals surface area (Å²) in [4.78, 5) is 33.2. The fourth-order valence-corrected chi connectivity index (χ4v) is 5.86. The number of aliphatic hydroxyl groups is 1. The van der Waals surface area contributed by atoms with Crippen LogP contribution in [0.4, 0.5) is 0 Å². The summed E-state index contributed by atoms with van der Waals surface area (Å²) in [6.45, 7) is 3.25. The van der Waals surface area contributed by atoms with Gasteiger partial charge >= 0.3 is 0 Å². The van der Waals surface area contributed by atoms with Crippen LogP contribution >= 0.6 is 0 Å². The average Bonchev–Trinajstić information content (AvgIpc) is 3.39. The molecule has 5 rings (SSSR count). The van der Waals surface area contributed by atoms with E-state index in [4.69, 9.17) is 4.42 Å². The normalized spacial score (nSPS) is 27.1. The van der Waals surface area contributed by atoms with Crippen molar-refractivity contribution in [1.29, 1.82) is 0 Å². The predicted molar refractivity (Wildman–Crippen MR) is 118 cm³/mol. The van der Waals surface area contributed by atoms with Crippen molar-refractivity contribution in [3.05, 3.63) is 58.2 Å². The number of carbonyl (C=O) groups is 1. The molecule has 0 aromatic carbocycles. The summed E-state index contributed by atoms with van der Waals surface area (Å²) >= 11 is 0. The Balaban J connectivity index is 1.60. The average molecular weight is 439 g/mol. The van der Waals surface area contributed by atoms with Crippen LogP contribution in [0.2, 0.25) is 0 Å². The molecule has 0 unspecified atom stereocenters. The van der Waals surface area contributed by atoms with Gasteiger partial charge in [0.1, 0.15) is 6.26 Å². The standard InChI is InChI=1S/C24H30N4O4/c1-2-25-23(30)21-18(12-29)20-11-28-19(22(21)27(20)10-16-13-32-14-26-16)9-8-17(24(28)31)15-6-4-3-5-7-15/h6,8-9,13-14,18,20-22,29H,2-5,7,10-12H2,1H3,(H,25,30)/t18-,20-,21+,22+/m1/s1. The SMILES string of the molecule is CCNC(=O)[C@H]1[C@H](CO)[C@H]2Cn3c(ccc(C4=CCCCC4)c3=O)[C@@H]1N2Cc1cocn1. The van der Waals surface area contributed by atoms with Gasteiger partial charge in [-0.05, 0) is 50.3 Å². The molecule has 0 radical (unpaired) electrons. The first-order valence-electron chi connectivity index (χ1n) is 11.6. The number of aliphatic hydroxyl groups excluding tert-OH is 1. The van der Waals surface area contributed by atoms with Crippen molar-refractivity contribution in [2.75, 3.05) is 13.2 Å². The summed E-state index contributed by atoms with van der Waals surface area (Å²) in [5.41, 5.74) is 3.52. The maximum Gasteiger partial charge on any atom is 0.258 e. The van der Waals surface area contributed by atoms with Crippen LogP contribution in [0.25, 0.3) is 5.57 Å². The van der Waals surface area contributed by atoms with Crippen LogP contribution in [-0.2, 0) is 17.9 Å². The summed E-state index contributed by atoms with van der Waals surface area (Å²) in [6, 6.07) is 3.49. The minimum absolute atomic E-state index is 0.0139. The van der Waals surface area contributed by atoms with Gasteiger partial charge in [0.05, 0.1) is 17.7 Å². The van der Waals surface area contributed by atoms with Crippen molar-refractivity contribution in [3.8, 4) is 0 Å². The molecular weight excluding hydrogens is 408 g/mol. The van der Waals surface area contributed by atoms with Crippen LogP contribution in [0.3, 0.4) is 0 Å². The van der Waals surface area contributed by atoms with Crippen molar-refractivity contribution in [3.63, 3.8) is 0 Å². The molecule has 3 aliphatic rings. The van der Waals surface area contributed by atoms with Gasteiger partial charge in [0.25, 0.3) is 5.56 Å². The minimum Gasteiger partial charge on any atom is -0.451 e. The Morgan fingerprint density at radius 2 is 2.22 bits per heavy atom. The first-order chi connectivity index (χ1) is 15.6. The summed E-state index contributed by atoms with van der Waals surface area (Å²) in [7, 11) is 0. The highest BCUT2D eigenvalue weighted by molar-refractivity contribution is 5.80. The number of amides is 1. The van der Waals surface area contributed by atoms with Crippen molar-refractivity contribution >= 4 is 11.5 Å². The monoisotopic (exact) mass is 438 g/mol. The van der Waals surface area contributed by atoms with Gasteiger partial charge in [-0.15, -0.1) is 0 Å². The second-order valence-corrected chi connectivity index (χ2v) is 8.99. The zero-order chi connectivity index (χ0) is 22.2. The second kappa shape index (κ2) is 8.67. The number of oxazole rings is 1. The first kappa shape index (κ1) is 21.2. The minimum atomic E-state index is -0.440. The van der Waals surface area contributed by atoms with Crippen LogP contribution in [0, 0.1) is 11.8 Å². The summed E-state index contributed by atoms with van der Waals surface area (Å²) in [6.07, 6.45) is 9.41. The van der Waals surface area contributed by atoms with Gasteiger partial charge in [0.15, 0.2) is 6.39 Å². The van der Waals surface area contributed by atoms with E-state index in [-0.39, 0.29) is 36.1 Å². The molecule has 1 amide bonds. The smallest absolute Gasteiger partial charge is 0.258 e. The maximum absolute atomic E-state index is 13.6. The fourth-order valence-electron chi connectivity index (χ4n) is 5.86. The van der Waals surface area contributed by atoms with Crippen LogP contribution in [-0.4, -0.2) is 44.7 Å². The number of hydrogen-bond donors (Lipinski definition) is 2. The topological polar surface area (TPSA) is 101 Å². The van der Waals surface area contributed by atoms with Gasteiger partial charge in [-0.25, -0.2) is 4.98 Å². The van der Waals surface area contributed by atoms with Crippen molar-refractivity contribution in [2.24, 2.45) is 11.8 Å². The zero-order valence-corrected chi connectivity index (χ0v) is 18.4. The van der Waals surface area contributed by atoms with Crippen LogP contribution < -0.4 is 10.9 Å². The van der Waals surface area contributed by atoms with Gasteiger partial charge in [0.2, 0.25) is 5.91 Å². The van der Waals surface area contributed by atoms with E-state index in [2.05, 4.69) is 21.3 Å². The molecule has 2 bridgehead atoms. The van der Waals surface area contributed by atoms with E-state index in [9.17, 15) is 14.7 Å². The largest absolute Gasteiger partial charge is 0.451 e. The third-order valence-electron chi connectivity index (χ3n) is 7.29. The summed E-state index contributed by atoms with van der Waals surface area (Å²) in [5, 5.41) is 13.3. The quantitative estimate of drug-likeness (QED) is 0.716. The van der Waals surface area contributed by atoms with E-state index in [0.717, 1.165) is 41.8 Å². The lowest BCUT2D eigenvalue weighted by molar-refractivity contribution is -0.127. The Labute approximate surface area is 186 Å². The number of allylic oxidation sites excluding steroid dienone is 2. The second-order valence-electron chi connectivity index (χ2n) is 8.99. The molecule has 32 heavy (non-hydrogen) atoms. The first-order valence-corrected chi connectivity index (χ1v) is 11.6. The molecule has 170 valence electrons. The zero-order valence-electron chi connectivity index (χ0n) is 18.4. The number of aromatic nitrogens is 2. The number of fused-ring (bicyclic) bond motifs is 4. The molecule has 2 aromatic rings. The van der Waals surface area contributed by atoms with Gasteiger partial charge in [-0.1, -0.05) is 6.08 Å². The van der Waals surface area contributed by atoms with Crippen molar-refractivity contribution < 1.29 is 14.3 Å². The molecule has 4 atom stereocenters. The predicted octanol–water partition coefficient (Wildman–Crippen LogP) is 2.09. The van der Waals surface area contributed by atoms with E-state index < -0.39 is 5.92 Å². The number of rotatable bonds is 6. The van der Waals surface area contributed by atoms with Crippen LogP contribution in [0.15, 0.2) is 40.1 Å². The molecule has 0 spiro atoms. The van der Waals surface area contributed by atoms with Gasteiger partial charge in [-0.3, -0.25) is 14.5 Å². The number of pyridine rings is 1. The van der Waals surface area contributed by atoms with E-state index in [1.54, 1.807) is 6.26 Å². The molecule has 8 heteroatoms. The molecule has 1 saturated heterocycles. The van der Waals surface area contributed by atoms with E-state index in [1.807, 2.05) is 23.6 Å². The Kier molecular flexibility index (Phi) is 5.73. The third-order valence-corrected chi connectivity index (χ3v) is 7.29. The highest BCUT2D eigenvalue weighted by atomic mass is 16.3. The molecule has 2 aromatic heterocycles. The van der Waals surface area contributed by atoms with Crippen molar-refractivity contribution in [2.45, 2.75) is 57.8 Å². The Bertz CT molecular complexity index is 1070. The molecule has 4 heterocycles. The molecule has 2 aliphatic heterocycles. The lowest BCUT2D eigenvalue weighted by Crippen LogP contribution is -2.46. The molecule has 0 saturated carbocycles. The Hall–Kier alpha value is -2.71. The number of hydrogen-bond acceptors (Lipinski definition) is 6. The highest BCUT2D eigenvalue weighted by Gasteiger charge is 2.55. The molecule has 1 aliphatic carbocycles. The van der Waals surface area contributed by atoms with Crippen molar-refractivity contribution in [1.82, 2.24) is 19.8 Å². The Morgan fingerprint density at radius 1 is 1.34 bits per heavy atom. The number of carbonyl (C=O) groups excluding carboxylic acids is 1. The molecule has 8 nitrogen and oxygen atoms in total. The lowest BCUT2D eigenvalue weighted by atomic mass is 9.86.